The van der Waals surface area contributed by atoms with E-state index in [1.807, 2.05) is 20.8 Å². The Balaban J connectivity index is 1.72. The lowest BCUT2D eigenvalue weighted by atomic mass is 9.79. The van der Waals surface area contributed by atoms with Gasteiger partial charge in [0.1, 0.15) is 17.1 Å². The second-order valence-electron chi connectivity index (χ2n) is 7.67. The first-order chi connectivity index (χ1) is 13.8. The Morgan fingerprint density at radius 3 is 2.55 bits per heavy atom. The molecule has 0 amide bonds. The molecule has 3 heterocycles. The first-order valence-corrected chi connectivity index (χ1v) is 9.60. The molecule has 8 nitrogen and oxygen atoms in total. The van der Waals surface area contributed by atoms with Crippen LogP contribution in [0.15, 0.2) is 27.4 Å². The first-order valence-electron chi connectivity index (χ1n) is 9.60. The lowest BCUT2D eigenvalue weighted by Gasteiger charge is -2.46. The molecule has 2 aliphatic heterocycles. The highest BCUT2D eigenvalue weighted by atomic mass is 16.8. The molecular weight excluding hydrogens is 380 g/mol. The van der Waals surface area contributed by atoms with Crippen LogP contribution in [0.5, 0.6) is 11.5 Å². The summed E-state index contributed by atoms with van der Waals surface area (Å²) in [6.45, 7) is 7.72. The van der Waals surface area contributed by atoms with E-state index in [0.29, 0.717) is 34.5 Å². The van der Waals surface area contributed by atoms with Crippen LogP contribution in [0.1, 0.15) is 32.8 Å². The van der Waals surface area contributed by atoms with Crippen molar-refractivity contribution in [1.82, 2.24) is 0 Å². The Bertz CT molecular complexity index is 1010. The van der Waals surface area contributed by atoms with Gasteiger partial charge in [-0.2, -0.15) is 0 Å². The van der Waals surface area contributed by atoms with Crippen LogP contribution in [0.4, 0.5) is 4.79 Å². The predicted octanol–water partition coefficient (Wildman–Crippen LogP) is 3.55. The molecule has 0 radical (unpaired) electrons. The maximum Gasteiger partial charge on any atom is 0.509 e. The van der Waals surface area contributed by atoms with Crippen LogP contribution < -0.4 is 15.1 Å². The van der Waals surface area contributed by atoms with Crippen molar-refractivity contribution >= 4 is 17.1 Å². The Morgan fingerprint density at radius 1 is 1.14 bits per heavy atom. The molecule has 0 bridgehead atoms. The minimum absolute atomic E-state index is 0.0659. The van der Waals surface area contributed by atoms with Crippen LogP contribution >= 0.6 is 0 Å². The van der Waals surface area contributed by atoms with Gasteiger partial charge in [0.25, 0.3) is 0 Å². The second kappa shape index (κ2) is 6.95. The van der Waals surface area contributed by atoms with Gasteiger partial charge in [-0.15, -0.1) is 0 Å². The monoisotopic (exact) mass is 404 g/mol. The highest BCUT2D eigenvalue weighted by molar-refractivity contribution is 5.87. The van der Waals surface area contributed by atoms with Crippen LogP contribution in [-0.4, -0.2) is 37.4 Å². The van der Waals surface area contributed by atoms with Gasteiger partial charge in [-0.3, -0.25) is 0 Å². The fraction of sp³-hybridized carbons (Fsp3) is 0.524. The fourth-order valence-electron chi connectivity index (χ4n) is 4.00. The molecule has 0 spiro atoms. The molecule has 29 heavy (non-hydrogen) atoms. The zero-order valence-electron chi connectivity index (χ0n) is 17.0. The van der Waals surface area contributed by atoms with Crippen molar-refractivity contribution in [1.29, 1.82) is 0 Å². The van der Waals surface area contributed by atoms with Crippen LogP contribution in [0.2, 0.25) is 0 Å². The van der Waals surface area contributed by atoms with Crippen LogP contribution in [0, 0.1) is 12.8 Å². The number of fused-ring (bicyclic) bond motifs is 2. The summed E-state index contributed by atoms with van der Waals surface area (Å²) >= 11 is 0. The Labute approximate surface area is 167 Å². The van der Waals surface area contributed by atoms with E-state index in [9.17, 15) is 9.59 Å². The fourth-order valence-corrected chi connectivity index (χ4v) is 4.00. The van der Waals surface area contributed by atoms with Gasteiger partial charge in [-0.1, -0.05) is 13.8 Å². The summed E-state index contributed by atoms with van der Waals surface area (Å²) < 4.78 is 33.8. The van der Waals surface area contributed by atoms with E-state index in [2.05, 4.69) is 0 Å². The number of hydrogen-bond acceptors (Lipinski definition) is 8. The van der Waals surface area contributed by atoms with E-state index >= 15 is 0 Å². The Hall–Kier alpha value is -2.74. The lowest BCUT2D eigenvalue weighted by molar-refractivity contribution is -0.267. The molecule has 1 aromatic heterocycles. The van der Waals surface area contributed by atoms with Gasteiger partial charge in [0.2, 0.25) is 12.4 Å². The van der Waals surface area contributed by atoms with Gasteiger partial charge in [-0.05, 0) is 32.4 Å². The number of rotatable bonds is 4. The van der Waals surface area contributed by atoms with E-state index in [4.69, 9.17) is 28.1 Å². The van der Waals surface area contributed by atoms with Crippen LogP contribution in [-0.2, 0) is 14.2 Å². The molecule has 2 aromatic rings. The molecular formula is C21H24O8. The highest BCUT2D eigenvalue weighted by Gasteiger charge is 2.57. The molecule has 4 rings (SSSR count). The average Bonchev–Trinajstić information content (AvgIpc) is 3.09. The maximum absolute atomic E-state index is 11.9. The lowest BCUT2D eigenvalue weighted by Crippen LogP contribution is -2.59. The topological polar surface area (TPSA) is 93.4 Å². The van der Waals surface area contributed by atoms with E-state index in [1.165, 1.54) is 13.2 Å². The van der Waals surface area contributed by atoms with Crippen LogP contribution in [0.25, 0.3) is 11.0 Å². The van der Waals surface area contributed by atoms with Gasteiger partial charge in [0.15, 0.2) is 6.10 Å². The van der Waals surface area contributed by atoms with Crippen molar-refractivity contribution in [2.45, 2.75) is 58.2 Å². The molecule has 2 saturated heterocycles. The van der Waals surface area contributed by atoms with Gasteiger partial charge >= 0.3 is 11.8 Å². The number of hydrogen-bond donors (Lipinski definition) is 0. The average molecular weight is 404 g/mol. The quantitative estimate of drug-likeness (QED) is 0.564. The Kier molecular flexibility index (Phi) is 4.69. The third kappa shape index (κ3) is 3.11. The summed E-state index contributed by atoms with van der Waals surface area (Å²) in [7, 11) is 1.49. The van der Waals surface area contributed by atoms with E-state index < -0.39 is 35.9 Å². The summed E-state index contributed by atoms with van der Waals surface area (Å²) in [4.78, 5) is 23.7. The minimum Gasteiger partial charge on any atom is -0.496 e. The standard InChI is InChI=1S/C21H24O8/c1-6-21(4)11(3)17-18(28-20(23)27-17)19(29-21)25-13-8-7-12-14(24-5)9-15(22)26-16(12)10(13)2/h7-9,11,17-19H,6H2,1-5H3/t11-,17-,18-,19?,21+/m1/s1. The van der Waals surface area contributed by atoms with Crippen molar-refractivity contribution in [3.05, 3.63) is 34.2 Å². The summed E-state index contributed by atoms with van der Waals surface area (Å²) in [5.74, 6) is 0.808. The molecule has 0 N–H and O–H groups in total. The molecule has 2 aliphatic rings. The zero-order valence-corrected chi connectivity index (χ0v) is 17.0. The molecule has 156 valence electrons. The SMILES string of the molecule is CC[C@]1(C)OC(Oc2ccc3c(OC)cc(=O)oc3c2C)[C@@H]2OC(=O)O[C@@H]2[C@H]1C. The predicted molar refractivity (Wildman–Crippen MR) is 102 cm³/mol. The van der Waals surface area contributed by atoms with Crippen molar-refractivity contribution < 1.29 is 32.9 Å². The van der Waals surface area contributed by atoms with Crippen molar-refractivity contribution in [2.24, 2.45) is 5.92 Å². The number of benzene rings is 1. The number of aryl methyl sites for hydroxylation is 1. The number of carbonyl (C=O) groups is 1. The summed E-state index contributed by atoms with van der Waals surface area (Å²) in [6, 6.07) is 4.79. The highest BCUT2D eigenvalue weighted by Crippen LogP contribution is 2.43. The molecule has 1 unspecified atom stereocenters. The normalized spacial score (nSPS) is 31.1. The van der Waals surface area contributed by atoms with Gasteiger partial charge in [0.05, 0.1) is 24.2 Å². The number of methoxy groups -OCH3 is 1. The van der Waals surface area contributed by atoms with Gasteiger partial charge in [0, 0.05) is 11.5 Å². The summed E-state index contributed by atoms with van der Waals surface area (Å²) in [6.07, 6.45) is -2.04. The Morgan fingerprint density at radius 2 is 1.86 bits per heavy atom. The smallest absolute Gasteiger partial charge is 0.496 e. The molecule has 2 fully saturated rings. The van der Waals surface area contributed by atoms with Gasteiger partial charge in [-0.25, -0.2) is 9.59 Å². The maximum atomic E-state index is 11.9. The third-order valence-corrected chi connectivity index (χ3v) is 6.14. The van der Waals surface area contributed by atoms with E-state index in [0.717, 1.165) is 0 Å². The molecule has 5 atom stereocenters. The van der Waals surface area contributed by atoms with Crippen LogP contribution in [0.3, 0.4) is 0 Å². The molecule has 0 aliphatic carbocycles. The number of ether oxygens (including phenoxy) is 5. The largest absolute Gasteiger partial charge is 0.509 e. The first kappa shape index (κ1) is 19.6. The summed E-state index contributed by atoms with van der Waals surface area (Å²) in [5, 5.41) is 0.655. The third-order valence-electron chi connectivity index (χ3n) is 6.14. The van der Waals surface area contributed by atoms with Crippen molar-refractivity contribution in [3.63, 3.8) is 0 Å². The second-order valence-corrected chi connectivity index (χ2v) is 7.67. The van der Waals surface area contributed by atoms with E-state index in [-0.39, 0.29) is 5.92 Å². The molecule has 1 aromatic carbocycles. The summed E-state index contributed by atoms with van der Waals surface area (Å²) in [5.41, 5.74) is -0.0966. The van der Waals surface area contributed by atoms with Crippen molar-refractivity contribution in [3.8, 4) is 11.5 Å². The van der Waals surface area contributed by atoms with Crippen molar-refractivity contribution in [2.75, 3.05) is 7.11 Å². The number of carbonyl (C=O) groups excluding carboxylic acids is 1. The molecule has 0 saturated carbocycles. The zero-order chi connectivity index (χ0) is 20.9. The van der Waals surface area contributed by atoms with Gasteiger partial charge < -0.3 is 28.1 Å². The van der Waals surface area contributed by atoms with E-state index in [1.54, 1.807) is 19.1 Å². The molecule has 8 heteroatoms. The minimum atomic E-state index is -0.860.